The van der Waals surface area contributed by atoms with Crippen LogP contribution >= 0.6 is 24.0 Å². The number of guanidine groups is 1. The van der Waals surface area contributed by atoms with Gasteiger partial charge in [-0.2, -0.15) is 5.10 Å². The molecule has 0 saturated heterocycles. The van der Waals surface area contributed by atoms with Crippen LogP contribution in [0.2, 0.25) is 0 Å². The van der Waals surface area contributed by atoms with E-state index in [1.165, 1.54) is 11.1 Å². The zero-order valence-corrected chi connectivity index (χ0v) is 19.5. The molecule has 2 heterocycles. The van der Waals surface area contributed by atoms with Gasteiger partial charge in [0.2, 0.25) is 0 Å². The van der Waals surface area contributed by atoms with Crippen molar-refractivity contribution in [3.8, 4) is 5.75 Å². The van der Waals surface area contributed by atoms with E-state index in [9.17, 15) is 0 Å². The number of ether oxygens (including phenoxy) is 1. The van der Waals surface area contributed by atoms with Crippen molar-refractivity contribution in [3.63, 3.8) is 0 Å². The van der Waals surface area contributed by atoms with Crippen molar-refractivity contribution in [3.05, 3.63) is 83.7 Å². The Morgan fingerprint density at radius 3 is 2.70 bits per heavy atom. The third-order valence-electron chi connectivity index (χ3n) is 4.85. The van der Waals surface area contributed by atoms with E-state index in [1.807, 2.05) is 41.2 Å². The summed E-state index contributed by atoms with van der Waals surface area (Å²) < 4.78 is 7.95. The van der Waals surface area contributed by atoms with Gasteiger partial charge >= 0.3 is 0 Å². The highest BCUT2D eigenvalue weighted by Gasteiger charge is 2.22. The van der Waals surface area contributed by atoms with Gasteiger partial charge in [0, 0.05) is 24.7 Å². The molecular weight excluding hydrogens is 489 g/mol. The first-order valence-electron chi connectivity index (χ1n) is 10.1. The summed E-state index contributed by atoms with van der Waals surface area (Å²) in [6.45, 7) is 4.94. The molecule has 7 heteroatoms. The highest BCUT2D eigenvalue weighted by atomic mass is 127. The molecule has 0 fully saturated rings. The summed E-state index contributed by atoms with van der Waals surface area (Å²) in [7, 11) is 0. The molecule has 0 amide bonds. The molecule has 30 heavy (non-hydrogen) atoms. The molecule has 0 radical (unpaired) electrons. The second-order valence-electron chi connectivity index (χ2n) is 7.16. The molecule has 1 aliphatic heterocycles. The molecule has 0 aliphatic carbocycles. The third-order valence-corrected chi connectivity index (χ3v) is 4.85. The number of hydrogen-bond acceptors (Lipinski definition) is 3. The van der Waals surface area contributed by atoms with Crippen LogP contribution in [0.3, 0.4) is 0 Å². The molecule has 1 unspecified atom stereocenters. The van der Waals surface area contributed by atoms with Gasteiger partial charge in [-0.15, -0.1) is 24.0 Å². The number of aromatic nitrogens is 2. The summed E-state index contributed by atoms with van der Waals surface area (Å²) in [6, 6.07) is 18.6. The largest absolute Gasteiger partial charge is 0.488 e. The molecule has 2 aromatic carbocycles. The Morgan fingerprint density at radius 2 is 1.90 bits per heavy atom. The molecule has 1 atom stereocenters. The first-order valence-corrected chi connectivity index (χ1v) is 10.1. The van der Waals surface area contributed by atoms with E-state index >= 15 is 0 Å². The highest BCUT2D eigenvalue weighted by Crippen LogP contribution is 2.27. The van der Waals surface area contributed by atoms with E-state index in [2.05, 4.69) is 53.1 Å². The van der Waals surface area contributed by atoms with Crippen LogP contribution in [0.1, 0.15) is 23.6 Å². The normalized spacial score (nSPS) is 15.1. The summed E-state index contributed by atoms with van der Waals surface area (Å²) in [5.41, 5.74) is 3.59. The molecule has 1 aliphatic rings. The Kier molecular flexibility index (Phi) is 8.12. The van der Waals surface area contributed by atoms with Gasteiger partial charge in [0.05, 0.1) is 25.8 Å². The first kappa shape index (κ1) is 22.1. The number of hydrogen-bond donors (Lipinski definition) is 2. The average Bonchev–Trinajstić information content (AvgIpc) is 3.37. The summed E-state index contributed by atoms with van der Waals surface area (Å²) in [4.78, 5) is 4.70. The minimum atomic E-state index is 0. The number of para-hydroxylation sites is 1. The first-order chi connectivity index (χ1) is 14.3. The molecular formula is C23H28IN5O. The van der Waals surface area contributed by atoms with Crippen molar-refractivity contribution in [2.24, 2.45) is 4.99 Å². The lowest BCUT2D eigenvalue weighted by molar-refractivity contribution is 0.235. The average molecular weight is 517 g/mol. The van der Waals surface area contributed by atoms with Gasteiger partial charge in [0.1, 0.15) is 11.9 Å². The zero-order chi connectivity index (χ0) is 19.9. The Labute approximate surface area is 194 Å². The van der Waals surface area contributed by atoms with Crippen molar-refractivity contribution in [1.82, 2.24) is 20.4 Å². The van der Waals surface area contributed by atoms with Crippen LogP contribution in [-0.4, -0.2) is 34.9 Å². The van der Waals surface area contributed by atoms with Gasteiger partial charge in [-0.1, -0.05) is 48.5 Å². The topological polar surface area (TPSA) is 63.5 Å². The molecule has 158 valence electrons. The molecule has 0 bridgehead atoms. The van der Waals surface area contributed by atoms with Crippen LogP contribution in [0.15, 0.2) is 72.0 Å². The Balaban J connectivity index is 0.00000256. The van der Waals surface area contributed by atoms with E-state index in [4.69, 9.17) is 9.73 Å². The van der Waals surface area contributed by atoms with Crippen LogP contribution < -0.4 is 15.4 Å². The van der Waals surface area contributed by atoms with Gasteiger partial charge < -0.3 is 15.4 Å². The Bertz CT molecular complexity index is 932. The van der Waals surface area contributed by atoms with Gasteiger partial charge in [-0.25, -0.2) is 4.99 Å². The summed E-state index contributed by atoms with van der Waals surface area (Å²) in [5.74, 6) is 1.79. The van der Waals surface area contributed by atoms with Crippen LogP contribution in [0, 0.1) is 0 Å². The van der Waals surface area contributed by atoms with E-state index in [0.717, 1.165) is 36.8 Å². The van der Waals surface area contributed by atoms with Crippen molar-refractivity contribution >= 4 is 29.9 Å². The van der Waals surface area contributed by atoms with E-state index in [1.54, 1.807) is 0 Å². The fraction of sp³-hybridized carbons (Fsp3) is 0.304. The molecule has 0 saturated carbocycles. The Morgan fingerprint density at radius 1 is 1.10 bits per heavy atom. The number of benzene rings is 2. The summed E-state index contributed by atoms with van der Waals surface area (Å²) in [5, 5.41) is 11.2. The van der Waals surface area contributed by atoms with E-state index in [0.29, 0.717) is 13.1 Å². The van der Waals surface area contributed by atoms with Crippen molar-refractivity contribution in [2.45, 2.75) is 32.5 Å². The smallest absolute Gasteiger partial charge is 0.191 e. The molecule has 3 aromatic rings. The third kappa shape index (κ3) is 5.98. The minimum Gasteiger partial charge on any atom is -0.488 e. The number of halogens is 1. The molecule has 2 N–H and O–H groups in total. The summed E-state index contributed by atoms with van der Waals surface area (Å²) >= 11 is 0. The number of nitrogens with zero attached hydrogens (tertiary/aromatic N) is 3. The van der Waals surface area contributed by atoms with Gasteiger partial charge in [-0.05, 0) is 24.1 Å². The molecule has 0 spiro atoms. The van der Waals surface area contributed by atoms with E-state index < -0.39 is 0 Å². The van der Waals surface area contributed by atoms with E-state index in [-0.39, 0.29) is 30.1 Å². The maximum Gasteiger partial charge on any atom is 0.191 e. The number of nitrogens with one attached hydrogen (secondary N) is 2. The van der Waals surface area contributed by atoms with Gasteiger partial charge in [0.25, 0.3) is 0 Å². The monoisotopic (exact) mass is 517 g/mol. The fourth-order valence-electron chi connectivity index (χ4n) is 3.44. The number of aliphatic imine (C=N–C) groups is 1. The fourth-order valence-corrected chi connectivity index (χ4v) is 3.44. The molecule has 6 nitrogen and oxygen atoms in total. The van der Waals surface area contributed by atoms with Crippen LogP contribution in [-0.2, 0) is 19.5 Å². The molecule has 4 rings (SSSR count). The number of fused-ring (bicyclic) bond motifs is 1. The second-order valence-corrected chi connectivity index (χ2v) is 7.16. The Hall–Kier alpha value is -2.55. The maximum atomic E-state index is 6.00. The lowest BCUT2D eigenvalue weighted by Crippen LogP contribution is -2.42. The van der Waals surface area contributed by atoms with Crippen LogP contribution in [0.5, 0.6) is 5.75 Å². The SMILES string of the molecule is CCNC(=NCc1cnn(Cc2ccccc2)c1)NCC1Cc2ccccc2O1.I. The molecule has 1 aromatic heterocycles. The summed E-state index contributed by atoms with van der Waals surface area (Å²) in [6.07, 6.45) is 4.99. The van der Waals surface area contributed by atoms with Crippen molar-refractivity contribution in [1.29, 1.82) is 0 Å². The second kappa shape index (κ2) is 11.0. The maximum absolute atomic E-state index is 6.00. The predicted octanol–water partition coefficient (Wildman–Crippen LogP) is 3.61. The predicted molar refractivity (Wildman–Crippen MR) is 131 cm³/mol. The zero-order valence-electron chi connectivity index (χ0n) is 17.1. The quantitative estimate of drug-likeness (QED) is 0.286. The highest BCUT2D eigenvalue weighted by molar-refractivity contribution is 14.0. The minimum absolute atomic E-state index is 0. The standard InChI is InChI=1S/C23H27N5O.HI/c1-2-24-23(26-15-21-12-20-10-6-7-11-22(20)29-21)25-13-19-14-27-28(17-19)16-18-8-4-3-5-9-18;/h3-11,14,17,21H,2,12-13,15-16H2,1H3,(H2,24,25,26);1H. The van der Waals surface area contributed by atoms with Crippen molar-refractivity contribution < 1.29 is 4.74 Å². The van der Waals surface area contributed by atoms with Crippen molar-refractivity contribution in [2.75, 3.05) is 13.1 Å². The lowest BCUT2D eigenvalue weighted by Gasteiger charge is -2.15. The van der Waals surface area contributed by atoms with Crippen LogP contribution in [0.4, 0.5) is 0 Å². The van der Waals surface area contributed by atoms with Gasteiger partial charge in [-0.3, -0.25) is 4.68 Å². The lowest BCUT2D eigenvalue weighted by atomic mass is 10.1. The van der Waals surface area contributed by atoms with Gasteiger partial charge in [0.15, 0.2) is 5.96 Å². The number of rotatable bonds is 7. The van der Waals surface area contributed by atoms with Crippen LogP contribution in [0.25, 0.3) is 0 Å².